The van der Waals surface area contributed by atoms with Gasteiger partial charge in [-0.25, -0.2) is 0 Å². The van der Waals surface area contributed by atoms with Gasteiger partial charge in [-0.3, -0.25) is 4.79 Å². The van der Waals surface area contributed by atoms with Gasteiger partial charge in [-0.2, -0.15) is 5.26 Å². The first-order valence-electron chi connectivity index (χ1n) is 7.64. The van der Waals surface area contributed by atoms with Crippen LogP contribution < -0.4 is 10.6 Å². The minimum atomic E-state index is -0.269. The maximum absolute atomic E-state index is 12.8. The van der Waals surface area contributed by atoms with Crippen LogP contribution in [-0.2, 0) is 4.79 Å². The number of hydrogen-bond acceptors (Lipinski definition) is 3. The second-order valence-electron chi connectivity index (χ2n) is 5.88. The van der Waals surface area contributed by atoms with E-state index in [-0.39, 0.29) is 11.3 Å². The van der Waals surface area contributed by atoms with E-state index in [2.05, 4.69) is 23.6 Å². The molecular formula is C17H23N3O. The standard InChI is InChI=1S/C17H23N3O/c1-3-6-17(7-9-19-10-8-17)16(21)20-15-11-14(12-18)5-4-13(15)2/h4-5,11,19H,3,6-10H2,1-2H3,(H,20,21). The molecule has 1 fully saturated rings. The third kappa shape index (κ3) is 3.43. The van der Waals surface area contributed by atoms with Gasteiger partial charge in [0.15, 0.2) is 0 Å². The molecule has 0 unspecified atom stereocenters. The molecule has 1 aliphatic rings. The Hall–Kier alpha value is -1.86. The molecule has 0 aliphatic carbocycles. The van der Waals surface area contributed by atoms with Gasteiger partial charge in [0.25, 0.3) is 0 Å². The van der Waals surface area contributed by atoms with Crippen molar-refractivity contribution in [2.24, 2.45) is 5.41 Å². The maximum Gasteiger partial charge on any atom is 0.230 e. The summed E-state index contributed by atoms with van der Waals surface area (Å²) >= 11 is 0. The molecule has 1 aromatic carbocycles. The number of benzene rings is 1. The Morgan fingerprint density at radius 1 is 1.43 bits per heavy atom. The fraction of sp³-hybridized carbons (Fsp3) is 0.529. The molecule has 2 rings (SSSR count). The van der Waals surface area contributed by atoms with Crippen LogP contribution in [0, 0.1) is 23.7 Å². The van der Waals surface area contributed by atoms with Gasteiger partial charge in [0.2, 0.25) is 5.91 Å². The fourth-order valence-electron chi connectivity index (χ4n) is 3.06. The van der Waals surface area contributed by atoms with Crippen LogP contribution in [0.25, 0.3) is 0 Å². The third-order valence-electron chi connectivity index (χ3n) is 4.39. The SMILES string of the molecule is CCCC1(C(=O)Nc2cc(C#N)ccc2C)CCNCC1. The molecule has 2 N–H and O–H groups in total. The Labute approximate surface area is 126 Å². The van der Waals surface area contributed by atoms with Crippen LogP contribution in [0.4, 0.5) is 5.69 Å². The van der Waals surface area contributed by atoms with E-state index in [1.807, 2.05) is 13.0 Å². The van der Waals surface area contributed by atoms with E-state index in [1.165, 1.54) is 0 Å². The highest BCUT2D eigenvalue weighted by atomic mass is 16.2. The summed E-state index contributed by atoms with van der Waals surface area (Å²) in [4.78, 5) is 12.8. The van der Waals surface area contributed by atoms with Crippen molar-refractivity contribution in [1.29, 1.82) is 5.26 Å². The molecule has 4 nitrogen and oxygen atoms in total. The highest BCUT2D eigenvalue weighted by Gasteiger charge is 2.38. The average molecular weight is 285 g/mol. The summed E-state index contributed by atoms with van der Waals surface area (Å²) in [5.41, 5.74) is 2.05. The first-order chi connectivity index (χ1) is 10.1. The zero-order valence-electron chi connectivity index (χ0n) is 12.8. The van der Waals surface area contributed by atoms with Gasteiger partial charge < -0.3 is 10.6 Å². The van der Waals surface area contributed by atoms with Crippen molar-refractivity contribution in [3.63, 3.8) is 0 Å². The van der Waals surface area contributed by atoms with Crippen LogP contribution in [0.5, 0.6) is 0 Å². The molecule has 112 valence electrons. The number of nitrogens with one attached hydrogen (secondary N) is 2. The van der Waals surface area contributed by atoms with Crippen molar-refractivity contribution in [3.8, 4) is 6.07 Å². The highest BCUT2D eigenvalue weighted by molar-refractivity contribution is 5.96. The van der Waals surface area contributed by atoms with Crippen LogP contribution in [0.1, 0.15) is 43.7 Å². The maximum atomic E-state index is 12.8. The number of aryl methyl sites for hydroxylation is 1. The predicted octanol–water partition coefficient (Wildman–Crippen LogP) is 2.98. The van der Waals surface area contributed by atoms with Gasteiger partial charge in [-0.15, -0.1) is 0 Å². The van der Waals surface area contributed by atoms with Crippen molar-refractivity contribution in [1.82, 2.24) is 5.32 Å². The number of rotatable bonds is 4. The Bertz CT molecular complexity index is 548. The van der Waals surface area contributed by atoms with E-state index in [1.54, 1.807) is 12.1 Å². The van der Waals surface area contributed by atoms with E-state index < -0.39 is 0 Å². The second kappa shape index (κ2) is 6.73. The van der Waals surface area contributed by atoms with Crippen LogP contribution in [0.3, 0.4) is 0 Å². The van der Waals surface area contributed by atoms with Crippen LogP contribution >= 0.6 is 0 Å². The molecule has 1 saturated heterocycles. The Balaban J connectivity index is 2.21. The van der Waals surface area contributed by atoms with Gasteiger partial charge in [0.05, 0.1) is 17.0 Å². The lowest BCUT2D eigenvalue weighted by Gasteiger charge is -2.36. The summed E-state index contributed by atoms with van der Waals surface area (Å²) < 4.78 is 0. The summed E-state index contributed by atoms with van der Waals surface area (Å²) in [5, 5.41) is 15.4. The van der Waals surface area contributed by atoms with Crippen LogP contribution in [0.2, 0.25) is 0 Å². The van der Waals surface area contributed by atoms with Crippen LogP contribution in [0.15, 0.2) is 18.2 Å². The number of hydrogen-bond donors (Lipinski definition) is 2. The Kier molecular flexibility index (Phi) is 4.98. The molecule has 1 heterocycles. The summed E-state index contributed by atoms with van der Waals surface area (Å²) in [6.07, 6.45) is 3.68. The zero-order chi connectivity index (χ0) is 15.3. The van der Waals surface area contributed by atoms with Crippen molar-refractivity contribution in [3.05, 3.63) is 29.3 Å². The lowest BCUT2D eigenvalue weighted by atomic mass is 9.74. The number of nitrogens with zero attached hydrogens (tertiary/aromatic N) is 1. The molecule has 0 radical (unpaired) electrons. The molecule has 4 heteroatoms. The first-order valence-corrected chi connectivity index (χ1v) is 7.64. The summed E-state index contributed by atoms with van der Waals surface area (Å²) in [6.45, 7) is 5.86. The predicted molar refractivity (Wildman–Crippen MR) is 84.0 cm³/mol. The van der Waals surface area contributed by atoms with Crippen molar-refractivity contribution in [2.75, 3.05) is 18.4 Å². The molecule has 21 heavy (non-hydrogen) atoms. The van der Waals surface area contributed by atoms with Gasteiger partial charge >= 0.3 is 0 Å². The smallest absolute Gasteiger partial charge is 0.230 e. The summed E-state index contributed by atoms with van der Waals surface area (Å²) in [6, 6.07) is 7.53. The Morgan fingerprint density at radius 2 is 2.14 bits per heavy atom. The van der Waals surface area contributed by atoms with E-state index in [4.69, 9.17) is 5.26 Å². The number of piperidine rings is 1. The lowest BCUT2D eigenvalue weighted by molar-refractivity contribution is -0.127. The fourth-order valence-corrected chi connectivity index (χ4v) is 3.06. The van der Waals surface area contributed by atoms with Crippen LogP contribution in [-0.4, -0.2) is 19.0 Å². The quantitative estimate of drug-likeness (QED) is 0.894. The largest absolute Gasteiger partial charge is 0.325 e. The molecule has 0 bridgehead atoms. The number of carbonyl (C=O) groups excluding carboxylic acids is 1. The molecule has 1 amide bonds. The van der Waals surface area contributed by atoms with E-state index >= 15 is 0 Å². The molecule has 1 aliphatic heterocycles. The molecular weight excluding hydrogens is 262 g/mol. The van der Waals surface area contributed by atoms with E-state index in [0.29, 0.717) is 5.56 Å². The monoisotopic (exact) mass is 285 g/mol. The minimum absolute atomic E-state index is 0.101. The highest BCUT2D eigenvalue weighted by Crippen LogP contribution is 2.35. The summed E-state index contributed by atoms with van der Waals surface area (Å²) in [7, 11) is 0. The summed E-state index contributed by atoms with van der Waals surface area (Å²) in [5.74, 6) is 0.101. The number of anilines is 1. The number of amides is 1. The van der Waals surface area contributed by atoms with E-state index in [0.717, 1.165) is 50.0 Å². The minimum Gasteiger partial charge on any atom is -0.325 e. The molecule has 1 aromatic rings. The number of carbonyl (C=O) groups is 1. The van der Waals surface area contributed by atoms with Gasteiger partial charge in [0, 0.05) is 5.69 Å². The van der Waals surface area contributed by atoms with Crippen molar-refractivity contribution >= 4 is 11.6 Å². The van der Waals surface area contributed by atoms with Gasteiger partial charge in [-0.1, -0.05) is 19.4 Å². The third-order valence-corrected chi connectivity index (χ3v) is 4.39. The molecule has 0 spiro atoms. The normalized spacial score (nSPS) is 17.0. The van der Waals surface area contributed by atoms with Gasteiger partial charge in [-0.05, 0) is 57.0 Å². The lowest BCUT2D eigenvalue weighted by Crippen LogP contribution is -2.45. The Morgan fingerprint density at radius 3 is 2.76 bits per heavy atom. The second-order valence-corrected chi connectivity index (χ2v) is 5.88. The van der Waals surface area contributed by atoms with Crippen molar-refractivity contribution in [2.45, 2.75) is 39.5 Å². The zero-order valence-corrected chi connectivity index (χ0v) is 12.8. The van der Waals surface area contributed by atoms with Crippen molar-refractivity contribution < 1.29 is 4.79 Å². The average Bonchev–Trinajstić information content (AvgIpc) is 2.50. The first kappa shape index (κ1) is 15.5. The topological polar surface area (TPSA) is 64.9 Å². The molecule has 0 saturated carbocycles. The molecule has 0 atom stereocenters. The van der Waals surface area contributed by atoms with E-state index in [9.17, 15) is 4.79 Å². The number of nitriles is 1. The van der Waals surface area contributed by atoms with Gasteiger partial charge in [0.1, 0.15) is 0 Å². The molecule has 0 aromatic heterocycles.